The van der Waals surface area contributed by atoms with Crippen LogP contribution in [-0.2, 0) is 14.3 Å². The second-order valence-electron chi connectivity index (χ2n) is 6.27. The molecule has 0 saturated carbocycles. The van der Waals surface area contributed by atoms with Gasteiger partial charge in [-0.2, -0.15) is 0 Å². The fourth-order valence-electron chi connectivity index (χ4n) is 1.13. The van der Waals surface area contributed by atoms with Crippen LogP contribution in [0.4, 0.5) is 0 Å². The Morgan fingerprint density at radius 1 is 1.35 bits per heavy atom. The first-order chi connectivity index (χ1) is 9.01. The number of carbonyl (C=O) groups excluding carboxylic acids is 1. The maximum absolute atomic E-state index is 11.3. The van der Waals surface area contributed by atoms with E-state index in [-0.39, 0.29) is 18.1 Å². The lowest BCUT2D eigenvalue weighted by atomic mass is 10.2. The minimum atomic E-state index is -1.75. The van der Waals surface area contributed by atoms with E-state index in [4.69, 9.17) is 5.11 Å². The molecule has 1 atom stereocenters. The van der Waals surface area contributed by atoms with Crippen molar-refractivity contribution in [3.05, 3.63) is 0 Å². The maximum atomic E-state index is 11.3. The van der Waals surface area contributed by atoms with E-state index in [0.717, 1.165) is 0 Å². The third kappa shape index (κ3) is 6.22. The molecular weight excluding hydrogens is 274 g/mol. The summed E-state index contributed by atoms with van der Waals surface area (Å²) >= 11 is 0. The molecule has 0 spiro atoms. The topological polar surface area (TPSA) is 75.6 Å². The Labute approximate surface area is 122 Å². The molecule has 0 unspecified atom stereocenters. The third-order valence-corrected chi connectivity index (χ3v) is 8.04. The van der Waals surface area contributed by atoms with Gasteiger partial charge in [-0.1, -0.05) is 33.9 Å². The molecule has 20 heavy (non-hydrogen) atoms. The van der Waals surface area contributed by atoms with Gasteiger partial charge in [-0.15, -0.1) is 11.5 Å². The van der Waals surface area contributed by atoms with Crippen molar-refractivity contribution in [1.29, 1.82) is 0 Å². The number of methoxy groups -OCH3 is 1. The second-order valence-corrected chi connectivity index (χ2v) is 11.3. The first kappa shape index (κ1) is 18.7. The molecule has 0 saturated heterocycles. The molecule has 0 bridgehead atoms. The van der Waals surface area contributed by atoms with E-state index in [1.807, 2.05) is 0 Å². The summed E-state index contributed by atoms with van der Waals surface area (Å²) in [6.45, 7) is 10.6. The normalized spacial score (nSPS) is 13.1. The predicted octanol–water partition coefficient (Wildman–Crippen LogP) is 1.64. The number of carboxylic acids is 1. The molecule has 0 heterocycles. The van der Waals surface area contributed by atoms with Crippen LogP contribution in [0.2, 0.25) is 18.1 Å². The van der Waals surface area contributed by atoms with Crippen molar-refractivity contribution in [2.45, 2.75) is 51.4 Å². The zero-order valence-electron chi connectivity index (χ0n) is 13.2. The fourth-order valence-corrected chi connectivity index (χ4v) is 2.05. The van der Waals surface area contributed by atoms with Gasteiger partial charge in [-0.25, -0.2) is 4.79 Å². The highest BCUT2D eigenvalue weighted by Gasteiger charge is 2.33. The highest BCUT2D eigenvalue weighted by Crippen LogP contribution is 2.35. The van der Waals surface area contributed by atoms with Crippen molar-refractivity contribution in [3.8, 4) is 11.5 Å². The molecule has 6 heteroatoms. The molecule has 0 aromatic rings. The van der Waals surface area contributed by atoms with E-state index >= 15 is 0 Å². The predicted molar refractivity (Wildman–Crippen MR) is 81.0 cm³/mol. The Morgan fingerprint density at radius 2 is 1.90 bits per heavy atom. The van der Waals surface area contributed by atoms with E-state index in [9.17, 15) is 9.59 Å². The van der Waals surface area contributed by atoms with Crippen molar-refractivity contribution in [2.75, 3.05) is 13.7 Å². The summed E-state index contributed by atoms with van der Waals surface area (Å²) in [4.78, 5) is 22.4. The zero-order valence-corrected chi connectivity index (χ0v) is 14.2. The number of rotatable bonds is 5. The molecular formula is C14H25NO4Si. The monoisotopic (exact) mass is 299 g/mol. The van der Waals surface area contributed by atoms with Gasteiger partial charge in [0, 0.05) is 13.5 Å². The molecule has 2 N–H and O–H groups in total. The minimum absolute atomic E-state index is 0.108. The Hall–Kier alpha value is -1.32. The van der Waals surface area contributed by atoms with Gasteiger partial charge < -0.3 is 15.2 Å². The summed E-state index contributed by atoms with van der Waals surface area (Å²) in [5.41, 5.74) is 3.23. The van der Waals surface area contributed by atoms with E-state index < -0.39 is 26.0 Å². The standard InChI is InChI=1S/C14H25NO4Si/c1-14(2,3)20(5,6)9-7-8-11(13(17)18)15-12(16)10-19-4/h11H,8,10H2,1-6H3,(H,15,16)(H,17,18)/t11-/m1/s1. The lowest BCUT2D eigenvalue weighted by molar-refractivity contribution is -0.142. The first-order valence-corrected chi connectivity index (χ1v) is 9.52. The van der Waals surface area contributed by atoms with Gasteiger partial charge >= 0.3 is 5.97 Å². The summed E-state index contributed by atoms with van der Waals surface area (Å²) in [6.07, 6.45) is 0.108. The number of nitrogens with one attached hydrogen (secondary N) is 1. The van der Waals surface area contributed by atoms with Gasteiger partial charge in [0.15, 0.2) is 0 Å². The summed E-state index contributed by atoms with van der Waals surface area (Å²) in [7, 11) is -0.372. The number of ether oxygens (including phenoxy) is 1. The molecule has 0 aliphatic carbocycles. The van der Waals surface area contributed by atoms with Gasteiger partial charge in [-0.3, -0.25) is 4.79 Å². The van der Waals surface area contributed by atoms with Gasteiger partial charge in [0.2, 0.25) is 5.91 Å². The summed E-state index contributed by atoms with van der Waals surface area (Å²) in [5, 5.41) is 11.6. The Balaban J connectivity index is 4.74. The number of carboxylic acid groups (broad SMARTS) is 1. The van der Waals surface area contributed by atoms with Crippen molar-refractivity contribution in [1.82, 2.24) is 5.32 Å². The van der Waals surface area contributed by atoms with Gasteiger partial charge in [0.05, 0.1) is 0 Å². The molecule has 114 valence electrons. The molecule has 5 nitrogen and oxygen atoms in total. The zero-order chi connectivity index (χ0) is 16.0. The number of hydrogen-bond acceptors (Lipinski definition) is 3. The van der Waals surface area contributed by atoms with Gasteiger partial charge in [0.25, 0.3) is 0 Å². The molecule has 0 aliphatic heterocycles. The molecule has 0 aliphatic rings. The van der Waals surface area contributed by atoms with Crippen LogP contribution in [-0.4, -0.2) is 44.8 Å². The quantitative estimate of drug-likeness (QED) is 0.598. The smallest absolute Gasteiger partial charge is 0.327 e. The van der Waals surface area contributed by atoms with E-state index in [0.29, 0.717) is 0 Å². The highest BCUT2D eigenvalue weighted by molar-refractivity contribution is 6.87. The molecule has 0 radical (unpaired) electrons. The molecule has 0 aromatic carbocycles. The van der Waals surface area contributed by atoms with Crippen molar-refractivity contribution >= 4 is 20.0 Å². The average molecular weight is 299 g/mol. The van der Waals surface area contributed by atoms with Gasteiger partial charge in [0.1, 0.15) is 20.7 Å². The fraction of sp³-hybridized carbons (Fsp3) is 0.714. The molecule has 0 fully saturated rings. The molecule has 0 aromatic heterocycles. The van der Waals surface area contributed by atoms with Crippen LogP contribution in [0.25, 0.3) is 0 Å². The van der Waals surface area contributed by atoms with Crippen molar-refractivity contribution in [2.24, 2.45) is 0 Å². The van der Waals surface area contributed by atoms with Crippen molar-refractivity contribution in [3.63, 3.8) is 0 Å². The Bertz CT molecular complexity index is 415. The average Bonchev–Trinajstić information content (AvgIpc) is 2.26. The van der Waals surface area contributed by atoms with Crippen LogP contribution in [0.15, 0.2) is 0 Å². The van der Waals surface area contributed by atoms with Crippen LogP contribution in [0.3, 0.4) is 0 Å². The van der Waals surface area contributed by atoms with E-state index in [2.05, 4.69) is 55.4 Å². The van der Waals surface area contributed by atoms with E-state index in [1.54, 1.807) is 0 Å². The van der Waals surface area contributed by atoms with Crippen LogP contribution in [0, 0.1) is 11.5 Å². The minimum Gasteiger partial charge on any atom is -0.480 e. The largest absolute Gasteiger partial charge is 0.480 e. The highest BCUT2D eigenvalue weighted by atomic mass is 28.3. The summed E-state index contributed by atoms with van der Waals surface area (Å²) < 4.78 is 4.65. The molecule has 1 amide bonds. The summed E-state index contributed by atoms with van der Waals surface area (Å²) in [5.74, 6) is 1.40. The lowest BCUT2D eigenvalue weighted by Crippen LogP contribution is -2.42. The van der Waals surface area contributed by atoms with Crippen LogP contribution in [0.5, 0.6) is 0 Å². The third-order valence-electron chi connectivity index (χ3n) is 3.49. The van der Waals surface area contributed by atoms with Crippen molar-refractivity contribution < 1.29 is 19.4 Å². The molecule has 0 rings (SSSR count). The maximum Gasteiger partial charge on any atom is 0.327 e. The number of aliphatic carboxylic acids is 1. The summed E-state index contributed by atoms with van der Waals surface area (Å²) in [6, 6.07) is -0.991. The Kier molecular flexibility index (Phi) is 6.96. The first-order valence-electron chi connectivity index (χ1n) is 6.52. The number of carbonyl (C=O) groups is 2. The SMILES string of the molecule is COCC(=O)N[C@H](CC#C[Si](C)(C)C(C)(C)C)C(=O)O. The van der Waals surface area contributed by atoms with Crippen LogP contribution in [0.1, 0.15) is 27.2 Å². The number of hydrogen-bond donors (Lipinski definition) is 2. The lowest BCUT2D eigenvalue weighted by Gasteiger charge is -2.31. The Morgan fingerprint density at radius 3 is 2.30 bits per heavy atom. The van der Waals surface area contributed by atoms with Gasteiger partial charge in [-0.05, 0) is 5.04 Å². The van der Waals surface area contributed by atoms with Crippen LogP contribution >= 0.6 is 0 Å². The second kappa shape index (κ2) is 7.46. The van der Waals surface area contributed by atoms with E-state index in [1.165, 1.54) is 7.11 Å². The number of amides is 1. The van der Waals surface area contributed by atoms with Crippen LogP contribution < -0.4 is 5.32 Å².